The van der Waals surface area contributed by atoms with Crippen molar-refractivity contribution < 1.29 is 57.2 Å². The Kier molecular flexibility index (Phi) is 33.8. The summed E-state index contributed by atoms with van der Waals surface area (Å²) in [7, 11) is 7.55. The normalized spacial score (nSPS) is 26.1. The second-order valence-corrected chi connectivity index (χ2v) is 35.0. The van der Waals surface area contributed by atoms with Gasteiger partial charge in [-0.25, -0.2) is 0 Å². The highest BCUT2D eigenvalue weighted by Crippen LogP contribution is 2.40. The number of amides is 11. The molecule has 0 radical (unpaired) electrons. The fraction of sp³-hybridized carbons (Fsp3) is 0.838. The van der Waals surface area contributed by atoms with Crippen LogP contribution in [0.5, 0.6) is 0 Å². The summed E-state index contributed by atoms with van der Waals surface area (Å²) in [5.41, 5.74) is 0. The highest BCUT2D eigenvalue weighted by Gasteiger charge is 2.49. The summed E-state index contributed by atoms with van der Waals surface area (Å²) >= 11 is 0. The monoisotopic (exact) mass is 1320 g/mol. The zero-order valence-electron chi connectivity index (χ0n) is 62.3. The zero-order chi connectivity index (χ0) is 71.7. The third kappa shape index (κ3) is 23.4. The molecular formula is C68H127N11O12Si. The lowest BCUT2D eigenvalue weighted by atomic mass is 9.90. The smallest absolute Gasteiger partial charge is 0.246 e. The summed E-state index contributed by atoms with van der Waals surface area (Å²) in [5.74, 6) is -8.78. The van der Waals surface area contributed by atoms with Gasteiger partial charge < -0.3 is 60.0 Å². The van der Waals surface area contributed by atoms with Gasteiger partial charge in [0, 0.05) is 49.3 Å². The van der Waals surface area contributed by atoms with Crippen molar-refractivity contribution in [3.05, 3.63) is 0 Å². The maximum atomic E-state index is 15.8. The van der Waals surface area contributed by atoms with E-state index in [0.717, 1.165) is 12.8 Å². The van der Waals surface area contributed by atoms with Gasteiger partial charge in [0.05, 0.1) is 12.6 Å². The molecule has 1 aliphatic rings. The molecule has 1 saturated heterocycles. The van der Waals surface area contributed by atoms with Crippen LogP contribution in [0.15, 0.2) is 0 Å². The molecule has 1 rings (SSSR count). The topological polar surface area (TPSA) is 268 Å². The third-order valence-electron chi connectivity index (χ3n) is 18.5. The summed E-state index contributed by atoms with van der Waals surface area (Å²) in [6.45, 7) is 40.7. The molecule has 0 aliphatic carbocycles. The molecule has 92 heavy (non-hydrogen) atoms. The SMILES string of the molecule is CCCC[C@@H](C)[C@@H](O[Si](C)(C)C(C)(C)C)[C@H]1C(=O)N[C@@H](CC)C(=O)N(C)CC(=O)N(C)[C@@H](CC(C)C)C(=O)N[C@@H](C(C)C)C(=O)N(C)[C@@H](CC(C)C)C(=O)N[C@@H](C)C(=O)N[C@H](C)C(=O)N(C)[C@@H](CC(C)C)C(=O)N(C)[C@@H](CC(C)C)C(=O)N(C)[C@@H](C(C)C)C(=O)N1C. The van der Waals surface area contributed by atoms with Gasteiger partial charge in [-0.15, -0.1) is 0 Å². The zero-order valence-corrected chi connectivity index (χ0v) is 63.3. The van der Waals surface area contributed by atoms with Gasteiger partial charge in [0.15, 0.2) is 8.32 Å². The average molecular weight is 1320 g/mol. The minimum atomic E-state index is -2.78. The first-order valence-electron chi connectivity index (χ1n) is 33.9. The van der Waals surface area contributed by atoms with Crippen LogP contribution in [0, 0.1) is 41.4 Å². The molecule has 0 aromatic carbocycles. The lowest BCUT2D eigenvalue weighted by Crippen LogP contribution is -2.65. The fourth-order valence-electron chi connectivity index (χ4n) is 11.6. The summed E-state index contributed by atoms with van der Waals surface area (Å²) in [6, 6.07) is -11.9. The predicted octanol–water partition coefficient (Wildman–Crippen LogP) is 6.52. The number of carbonyl (C=O) groups excluding carboxylic acids is 11. The largest absolute Gasteiger partial charge is 0.411 e. The van der Waals surface area contributed by atoms with Crippen LogP contribution < -0.4 is 21.3 Å². The molecule has 0 bridgehead atoms. The first-order valence-corrected chi connectivity index (χ1v) is 36.8. The van der Waals surface area contributed by atoms with E-state index >= 15 is 19.2 Å². The highest BCUT2D eigenvalue weighted by atomic mass is 28.4. The molecule has 1 heterocycles. The first kappa shape index (κ1) is 84.4. The molecule has 4 N–H and O–H groups in total. The van der Waals surface area contributed by atoms with Crippen molar-refractivity contribution in [2.75, 3.05) is 55.9 Å². The maximum absolute atomic E-state index is 15.8. The van der Waals surface area contributed by atoms with Crippen LogP contribution in [-0.2, 0) is 57.2 Å². The number of likely N-dealkylation sites (N-methyl/N-ethyl adjacent to an activating group) is 7. The van der Waals surface area contributed by atoms with E-state index in [1.54, 1.807) is 34.6 Å². The van der Waals surface area contributed by atoms with Crippen molar-refractivity contribution in [2.24, 2.45) is 41.4 Å². The van der Waals surface area contributed by atoms with Gasteiger partial charge in [0.1, 0.15) is 60.4 Å². The molecule has 0 unspecified atom stereocenters. The third-order valence-corrected chi connectivity index (χ3v) is 23.0. The molecule has 1 fully saturated rings. The van der Waals surface area contributed by atoms with Gasteiger partial charge in [-0.05, 0) is 112 Å². The molecule has 23 nitrogen and oxygen atoms in total. The molecule has 12 atom stereocenters. The Hall–Kier alpha value is -5.65. The van der Waals surface area contributed by atoms with Gasteiger partial charge in [0.25, 0.3) is 0 Å². The van der Waals surface area contributed by atoms with Crippen LogP contribution in [0.1, 0.15) is 190 Å². The Balaban J connectivity index is 4.55. The Morgan fingerprint density at radius 3 is 1.32 bits per heavy atom. The van der Waals surface area contributed by atoms with E-state index in [-0.39, 0.29) is 66.7 Å². The van der Waals surface area contributed by atoms with E-state index in [1.807, 2.05) is 62.3 Å². The molecule has 1 aliphatic heterocycles. The standard InChI is InChI=1S/C68H127N11O12Si/c1-30-32-33-45(15)57(91-92(28,29)68(18,19)20)56-61(84)71-48(31-2)63(86)73(21)38-53(80)74(22)49(34-39(3)4)60(83)72-54(43(11)12)66(89)75(23)50(35-40(5)6)59(82)69-46(16)58(81)70-47(17)62(85)76(24)51(36-41(7)8)64(87)77(25)52(37-42(9)10)65(88)78(26)55(44(13)14)67(90)79(56)27/h39-52,54-57H,30-38H2,1-29H3,(H,69,82)(H,70,81)(H,71,84)(H,72,83)/t45-,46+,47-,48+,49+,50+,51+,52+,54+,55+,56+,57-/m1/s1. The Morgan fingerprint density at radius 2 is 0.880 bits per heavy atom. The van der Waals surface area contributed by atoms with E-state index in [0.29, 0.717) is 6.42 Å². The van der Waals surface area contributed by atoms with Gasteiger partial charge >= 0.3 is 0 Å². The average Bonchev–Trinajstić information content (AvgIpc) is 0.833. The van der Waals surface area contributed by atoms with Crippen LogP contribution in [0.4, 0.5) is 0 Å². The van der Waals surface area contributed by atoms with E-state index in [1.165, 1.54) is 97.5 Å². The number of nitrogens with zero attached hydrogens (tertiary/aromatic N) is 7. The molecule has 0 aromatic rings. The van der Waals surface area contributed by atoms with Crippen molar-refractivity contribution in [1.82, 2.24) is 55.6 Å². The Labute approximate surface area is 555 Å². The lowest BCUT2D eigenvalue weighted by molar-refractivity contribution is -0.157. The first-order chi connectivity index (χ1) is 42.1. The van der Waals surface area contributed by atoms with E-state index in [4.69, 9.17) is 4.43 Å². The second-order valence-electron chi connectivity index (χ2n) is 30.3. The van der Waals surface area contributed by atoms with Gasteiger partial charge in [-0.2, -0.15) is 0 Å². The van der Waals surface area contributed by atoms with Gasteiger partial charge in [-0.3, -0.25) is 52.7 Å². The van der Waals surface area contributed by atoms with Crippen molar-refractivity contribution >= 4 is 73.3 Å². The molecule has 530 valence electrons. The number of hydrogen-bond acceptors (Lipinski definition) is 12. The van der Waals surface area contributed by atoms with Crippen LogP contribution in [0.2, 0.25) is 18.1 Å². The molecular weight excluding hydrogens is 1190 g/mol. The summed E-state index contributed by atoms with van der Waals surface area (Å²) < 4.78 is 7.29. The Morgan fingerprint density at radius 1 is 0.467 bits per heavy atom. The number of rotatable bonds is 18. The molecule has 24 heteroatoms. The fourth-order valence-corrected chi connectivity index (χ4v) is 13.0. The van der Waals surface area contributed by atoms with Crippen molar-refractivity contribution in [3.63, 3.8) is 0 Å². The second kappa shape index (κ2) is 36.9. The van der Waals surface area contributed by atoms with Crippen molar-refractivity contribution in [2.45, 2.75) is 274 Å². The number of hydrogen-bond donors (Lipinski definition) is 4. The van der Waals surface area contributed by atoms with E-state index < -0.39 is 158 Å². The van der Waals surface area contributed by atoms with Crippen LogP contribution >= 0.6 is 0 Å². The van der Waals surface area contributed by atoms with Gasteiger partial charge in [-0.1, -0.05) is 137 Å². The molecule has 11 amide bonds. The lowest BCUT2D eigenvalue weighted by Gasteiger charge is -2.46. The van der Waals surface area contributed by atoms with E-state index in [9.17, 15) is 33.6 Å². The summed E-state index contributed by atoms with van der Waals surface area (Å²) in [5, 5.41) is 11.0. The summed E-state index contributed by atoms with van der Waals surface area (Å²) in [4.78, 5) is 172. The van der Waals surface area contributed by atoms with Crippen molar-refractivity contribution in [3.8, 4) is 0 Å². The number of nitrogens with one attached hydrogen (secondary N) is 4. The Bertz CT molecular complexity index is 2500. The highest BCUT2D eigenvalue weighted by molar-refractivity contribution is 6.74. The molecule has 0 saturated carbocycles. The van der Waals surface area contributed by atoms with Crippen LogP contribution in [0.25, 0.3) is 0 Å². The molecule has 0 aromatic heterocycles. The van der Waals surface area contributed by atoms with Gasteiger partial charge in [0.2, 0.25) is 65.0 Å². The van der Waals surface area contributed by atoms with Crippen LogP contribution in [-0.4, -0.2) is 230 Å². The molecule has 0 spiro atoms. The van der Waals surface area contributed by atoms with Crippen LogP contribution in [0.3, 0.4) is 0 Å². The maximum Gasteiger partial charge on any atom is 0.246 e. The number of unbranched alkanes of at least 4 members (excludes halogenated alkanes) is 1. The minimum absolute atomic E-state index is 0.0734. The predicted molar refractivity (Wildman–Crippen MR) is 365 cm³/mol. The quantitative estimate of drug-likeness (QED) is 0.107. The van der Waals surface area contributed by atoms with E-state index in [2.05, 4.69) is 62.1 Å². The number of carbonyl (C=O) groups is 11. The minimum Gasteiger partial charge on any atom is -0.411 e. The summed E-state index contributed by atoms with van der Waals surface area (Å²) in [6.07, 6.45) is 2.09. The van der Waals surface area contributed by atoms with Crippen molar-refractivity contribution in [1.29, 1.82) is 0 Å².